The minimum Gasteiger partial charge on any atom is -0.465 e. The molecule has 88 valence electrons. The first-order valence-electron chi connectivity index (χ1n) is 5.12. The molecule has 6 heteroatoms. The molecular weight excluding hydrogens is 278 g/mol. The molecule has 1 aliphatic rings. The van der Waals surface area contributed by atoms with Gasteiger partial charge in [0.15, 0.2) is 4.34 Å². The maximum atomic E-state index is 11.4. The molecule has 0 spiro atoms. The fraction of sp³-hybridized carbons (Fsp3) is 0.273. The standard InChI is InChI=1S/C11H8ClNO2S2/c12-6-1-2-8-7(5-6)13-11(16-8)17-9-3-4-15-10(9)14/h1-2,5,9H,3-4H2/t9-/m0/s1. The summed E-state index contributed by atoms with van der Waals surface area (Å²) >= 11 is 8.97. The van der Waals surface area contributed by atoms with Gasteiger partial charge in [0.1, 0.15) is 5.25 Å². The smallest absolute Gasteiger partial charge is 0.319 e. The number of thiazole rings is 1. The van der Waals surface area contributed by atoms with Crippen LogP contribution in [-0.4, -0.2) is 22.8 Å². The van der Waals surface area contributed by atoms with Crippen molar-refractivity contribution in [3.05, 3.63) is 23.2 Å². The van der Waals surface area contributed by atoms with Gasteiger partial charge in [0, 0.05) is 11.4 Å². The molecule has 0 bridgehead atoms. The van der Waals surface area contributed by atoms with Gasteiger partial charge in [-0.15, -0.1) is 11.3 Å². The molecule has 1 atom stereocenters. The molecule has 2 aromatic rings. The number of ether oxygens (including phenoxy) is 1. The average Bonchev–Trinajstić information content (AvgIpc) is 2.85. The van der Waals surface area contributed by atoms with E-state index in [9.17, 15) is 4.79 Å². The van der Waals surface area contributed by atoms with Gasteiger partial charge in [0.2, 0.25) is 0 Å². The Bertz CT molecular complexity index is 584. The van der Waals surface area contributed by atoms with Crippen LogP contribution in [-0.2, 0) is 9.53 Å². The van der Waals surface area contributed by atoms with Crippen LogP contribution in [0, 0.1) is 0 Å². The van der Waals surface area contributed by atoms with E-state index in [0.29, 0.717) is 11.6 Å². The monoisotopic (exact) mass is 285 g/mol. The Morgan fingerprint density at radius 3 is 3.18 bits per heavy atom. The van der Waals surface area contributed by atoms with Gasteiger partial charge < -0.3 is 4.74 Å². The highest BCUT2D eigenvalue weighted by atomic mass is 35.5. The maximum absolute atomic E-state index is 11.4. The largest absolute Gasteiger partial charge is 0.465 e. The third kappa shape index (κ3) is 2.27. The molecule has 1 aromatic heterocycles. The first kappa shape index (κ1) is 11.3. The fourth-order valence-electron chi connectivity index (χ4n) is 1.64. The van der Waals surface area contributed by atoms with Crippen molar-refractivity contribution in [1.82, 2.24) is 4.98 Å². The van der Waals surface area contributed by atoms with Crippen LogP contribution in [0.5, 0.6) is 0 Å². The zero-order chi connectivity index (χ0) is 11.8. The summed E-state index contributed by atoms with van der Waals surface area (Å²) in [5.74, 6) is -0.132. The predicted octanol–water partition coefficient (Wildman–Crippen LogP) is 3.36. The molecule has 17 heavy (non-hydrogen) atoms. The van der Waals surface area contributed by atoms with Gasteiger partial charge in [-0.25, -0.2) is 4.98 Å². The lowest BCUT2D eigenvalue weighted by Gasteiger charge is -1.99. The fourth-order valence-corrected chi connectivity index (χ4v) is 4.06. The number of nitrogens with zero attached hydrogens (tertiary/aromatic N) is 1. The second kappa shape index (κ2) is 4.48. The summed E-state index contributed by atoms with van der Waals surface area (Å²) in [5, 5.41) is 0.575. The molecule has 1 aromatic carbocycles. The number of cyclic esters (lactones) is 1. The Morgan fingerprint density at radius 2 is 2.41 bits per heavy atom. The van der Waals surface area contributed by atoms with Crippen molar-refractivity contribution in [1.29, 1.82) is 0 Å². The first-order valence-corrected chi connectivity index (χ1v) is 7.19. The number of carbonyl (C=O) groups excluding carboxylic acids is 1. The number of hydrogen-bond acceptors (Lipinski definition) is 5. The predicted molar refractivity (Wildman–Crippen MR) is 69.9 cm³/mol. The number of fused-ring (bicyclic) bond motifs is 1. The van der Waals surface area contributed by atoms with Crippen LogP contribution in [0.2, 0.25) is 5.02 Å². The number of aromatic nitrogens is 1. The summed E-state index contributed by atoms with van der Waals surface area (Å²) in [6, 6.07) is 5.64. The van der Waals surface area contributed by atoms with Crippen molar-refractivity contribution in [3.8, 4) is 0 Å². The SMILES string of the molecule is O=C1OCC[C@@H]1Sc1nc2cc(Cl)ccc2s1. The number of halogens is 1. The van der Waals surface area contributed by atoms with E-state index >= 15 is 0 Å². The molecule has 2 heterocycles. The molecule has 3 nitrogen and oxygen atoms in total. The number of thioether (sulfide) groups is 1. The Morgan fingerprint density at radius 1 is 1.53 bits per heavy atom. The van der Waals surface area contributed by atoms with Gasteiger partial charge in [0.05, 0.1) is 16.8 Å². The van der Waals surface area contributed by atoms with Crippen molar-refractivity contribution in [2.45, 2.75) is 16.0 Å². The number of carbonyl (C=O) groups is 1. The third-order valence-electron chi connectivity index (χ3n) is 2.46. The molecule has 0 N–H and O–H groups in total. The van der Waals surface area contributed by atoms with Crippen molar-refractivity contribution in [3.63, 3.8) is 0 Å². The molecule has 0 aliphatic carbocycles. The highest BCUT2D eigenvalue weighted by Crippen LogP contribution is 2.35. The zero-order valence-electron chi connectivity index (χ0n) is 8.68. The van der Waals surface area contributed by atoms with Crippen LogP contribution in [0.3, 0.4) is 0 Å². The maximum Gasteiger partial charge on any atom is 0.319 e. The van der Waals surface area contributed by atoms with Crippen LogP contribution in [0.4, 0.5) is 0 Å². The summed E-state index contributed by atoms with van der Waals surface area (Å²) in [5.41, 5.74) is 0.886. The van der Waals surface area contributed by atoms with E-state index in [1.807, 2.05) is 18.2 Å². The molecule has 0 unspecified atom stereocenters. The van der Waals surface area contributed by atoms with E-state index < -0.39 is 0 Å². The van der Waals surface area contributed by atoms with E-state index in [-0.39, 0.29) is 11.2 Å². The Kier molecular flexibility index (Phi) is 2.98. The van der Waals surface area contributed by atoms with Gasteiger partial charge in [0.25, 0.3) is 0 Å². The van der Waals surface area contributed by atoms with Crippen LogP contribution < -0.4 is 0 Å². The molecule has 0 saturated carbocycles. The van der Waals surface area contributed by atoms with Crippen molar-refractivity contribution >= 4 is 50.9 Å². The Balaban J connectivity index is 1.88. The average molecular weight is 286 g/mol. The number of benzene rings is 1. The minimum absolute atomic E-state index is 0.106. The summed E-state index contributed by atoms with van der Waals surface area (Å²) in [7, 11) is 0. The van der Waals surface area contributed by atoms with Gasteiger partial charge >= 0.3 is 5.97 Å². The lowest BCUT2D eigenvalue weighted by molar-refractivity contribution is -0.137. The van der Waals surface area contributed by atoms with Crippen LogP contribution in [0.15, 0.2) is 22.5 Å². The summed E-state index contributed by atoms with van der Waals surface area (Å²) < 4.78 is 6.91. The highest BCUT2D eigenvalue weighted by molar-refractivity contribution is 8.02. The summed E-state index contributed by atoms with van der Waals surface area (Å²) in [6.07, 6.45) is 0.764. The van der Waals surface area contributed by atoms with E-state index in [2.05, 4.69) is 4.98 Å². The zero-order valence-corrected chi connectivity index (χ0v) is 11.1. The molecule has 0 amide bonds. The summed E-state index contributed by atoms with van der Waals surface area (Å²) in [6.45, 7) is 0.521. The lowest BCUT2D eigenvalue weighted by Crippen LogP contribution is -2.08. The molecule has 0 radical (unpaired) electrons. The summed E-state index contributed by atoms with van der Waals surface area (Å²) in [4.78, 5) is 15.8. The van der Waals surface area contributed by atoms with Crippen molar-refractivity contribution < 1.29 is 9.53 Å². The van der Waals surface area contributed by atoms with Crippen LogP contribution in [0.25, 0.3) is 10.2 Å². The number of rotatable bonds is 2. The number of hydrogen-bond donors (Lipinski definition) is 0. The second-order valence-corrected chi connectivity index (χ2v) is 6.57. The molecule has 1 saturated heterocycles. The van der Waals surface area contributed by atoms with E-state index in [1.165, 1.54) is 11.8 Å². The quantitative estimate of drug-likeness (QED) is 0.793. The van der Waals surface area contributed by atoms with Crippen LogP contribution >= 0.6 is 34.7 Å². The van der Waals surface area contributed by atoms with Gasteiger partial charge in [-0.1, -0.05) is 23.4 Å². The Labute approximate surface area is 111 Å². The minimum atomic E-state index is -0.132. The lowest BCUT2D eigenvalue weighted by atomic mass is 10.3. The van der Waals surface area contributed by atoms with Gasteiger partial charge in [-0.2, -0.15) is 0 Å². The molecule has 1 fully saturated rings. The Hall–Kier alpha value is -0.780. The van der Waals surface area contributed by atoms with E-state index in [1.54, 1.807) is 11.3 Å². The van der Waals surface area contributed by atoms with E-state index in [4.69, 9.17) is 16.3 Å². The van der Waals surface area contributed by atoms with Crippen molar-refractivity contribution in [2.75, 3.05) is 6.61 Å². The number of esters is 1. The second-order valence-electron chi connectivity index (χ2n) is 3.65. The molecule has 1 aliphatic heterocycles. The highest BCUT2D eigenvalue weighted by Gasteiger charge is 2.28. The van der Waals surface area contributed by atoms with Crippen LogP contribution in [0.1, 0.15) is 6.42 Å². The third-order valence-corrected chi connectivity index (χ3v) is 5.07. The topological polar surface area (TPSA) is 39.2 Å². The molecular formula is C11H8ClNO2S2. The first-order chi connectivity index (χ1) is 8.22. The van der Waals surface area contributed by atoms with Gasteiger partial charge in [-0.3, -0.25) is 4.79 Å². The van der Waals surface area contributed by atoms with E-state index in [0.717, 1.165) is 21.0 Å². The molecule has 3 rings (SSSR count). The normalized spacial score (nSPS) is 19.8. The van der Waals surface area contributed by atoms with Gasteiger partial charge in [-0.05, 0) is 18.2 Å². The van der Waals surface area contributed by atoms with Crippen molar-refractivity contribution in [2.24, 2.45) is 0 Å².